The predicted octanol–water partition coefficient (Wildman–Crippen LogP) is 4.09. The minimum Gasteiger partial charge on any atom is -0.370 e. The largest absolute Gasteiger partial charge is 0.370 e. The van der Waals surface area contributed by atoms with Crippen molar-refractivity contribution < 1.29 is 9.53 Å². The number of anilines is 1. The van der Waals surface area contributed by atoms with Crippen LogP contribution in [0.25, 0.3) is 11.0 Å². The molecule has 0 spiro atoms. The van der Waals surface area contributed by atoms with Crippen LogP contribution in [0.3, 0.4) is 0 Å². The molecule has 3 aromatic rings. The van der Waals surface area contributed by atoms with Crippen molar-refractivity contribution in [2.75, 3.05) is 11.9 Å². The molecular formula is C21H23N3O2. The third-order valence-electron chi connectivity index (χ3n) is 4.88. The predicted molar refractivity (Wildman–Crippen MR) is 102 cm³/mol. The van der Waals surface area contributed by atoms with Gasteiger partial charge in [0.05, 0.1) is 11.0 Å². The van der Waals surface area contributed by atoms with Crippen molar-refractivity contribution in [3.8, 4) is 0 Å². The molecule has 1 unspecified atom stereocenters. The van der Waals surface area contributed by atoms with Gasteiger partial charge in [0, 0.05) is 12.3 Å². The van der Waals surface area contributed by atoms with Gasteiger partial charge in [0.1, 0.15) is 18.5 Å². The van der Waals surface area contributed by atoms with E-state index in [0.29, 0.717) is 0 Å². The summed E-state index contributed by atoms with van der Waals surface area (Å²) in [6, 6.07) is 15.9. The normalized spacial score (nSPS) is 16.9. The standard InChI is InChI=1S/C21H23N3O2/c1-2-15-8-3-4-9-16(15)22-20(25)14-24-18-11-6-5-10-17(18)23-21(24)19-12-7-13-26-19/h3-6,8-11,19H,2,7,12-14H2,1H3,(H,22,25). The lowest BCUT2D eigenvalue weighted by Crippen LogP contribution is -2.21. The van der Waals surface area contributed by atoms with Gasteiger partial charge in [-0.2, -0.15) is 0 Å². The second-order valence-corrected chi connectivity index (χ2v) is 6.61. The summed E-state index contributed by atoms with van der Waals surface area (Å²) in [6.45, 7) is 3.07. The Morgan fingerprint density at radius 3 is 2.85 bits per heavy atom. The first-order valence-electron chi connectivity index (χ1n) is 9.20. The fourth-order valence-electron chi connectivity index (χ4n) is 3.57. The maximum atomic E-state index is 12.8. The Kier molecular flexibility index (Phi) is 4.71. The van der Waals surface area contributed by atoms with Crippen LogP contribution in [0.15, 0.2) is 48.5 Å². The molecule has 1 aliphatic rings. The molecule has 26 heavy (non-hydrogen) atoms. The summed E-state index contributed by atoms with van der Waals surface area (Å²) in [5.74, 6) is 0.802. The molecule has 0 bridgehead atoms. The lowest BCUT2D eigenvalue weighted by molar-refractivity contribution is -0.116. The summed E-state index contributed by atoms with van der Waals surface area (Å²) in [5.41, 5.74) is 3.88. The Labute approximate surface area is 153 Å². The zero-order valence-corrected chi connectivity index (χ0v) is 14.9. The lowest BCUT2D eigenvalue weighted by Gasteiger charge is -2.14. The molecule has 4 rings (SSSR count). The highest BCUT2D eigenvalue weighted by Gasteiger charge is 2.25. The molecule has 5 nitrogen and oxygen atoms in total. The van der Waals surface area contributed by atoms with E-state index in [4.69, 9.17) is 9.72 Å². The van der Waals surface area contributed by atoms with Crippen molar-refractivity contribution in [1.82, 2.24) is 9.55 Å². The van der Waals surface area contributed by atoms with Gasteiger partial charge in [-0.1, -0.05) is 37.3 Å². The number of aromatic nitrogens is 2. The van der Waals surface area contributed by atoms with Crippen molar-refractivity contribution in [3.63, 3.8) is 0 Å². The van der Waals surface area contributed by atoms with Gasteiger partial charge in [-0.3, -0.25) is 4.79 Å². The van der Waals surface area contributed by atoms with E-state index in [1.807, 2.05) is 53.1 Å². The zero-order chi connectivity index (χ0) is 17.9. The molecule has 1 aliphatic heterocycles. The van der Waals surface area contributed by atoms with Crippen molar-refractivity contribution in [2.45, 2.75) is 38.8 Å². The molecule has 1 aromatic heterocycles. The van der Waals surface area contributed by atoms with E-state index in [2.05, 4.69) is 12.2 Å². The maximum Gasteiger partial charge on any atom is 0.244 e. The Morgan fingerprint density at radius 2 is 2.04 bits per heavy atom. The fraction of sp³-hybridized carbons (Fsp3) is 0.333. The van der Waals surface area contributed by atoms with Crippen LogP contribution >= 0.6 is 0 Å². The summed E-state index contributed by atoms with van der Waals surface area (Å²) in [5, 5.41) is 3.05. The molecule has 1 amide bonds. The van der Waals surface area contributed by atoms with E-state index in [1.165, 1.54) is 0 Å². The molecule has 5 heteroatoms. The number of para-hydroxylation sites is 3. The third kappa shape index (κ3) is 3.22. The van der Waals surface area contributed by atoms with E-state index in [0.717, 1.165) is 54.0 Å². The lowest BCUT2D eigenvalue weighted by atomic mass is 10.1. The SMILES string of the molecule is CCc1ccccc1NC(=O)Cn1c(C2CCCO2)nc2ccccc21. The van der Waals surface area contributed by atoms with Crippen molar-refractivity contribution in [3.05, 3.63) is 59.9 Å². The second-order valence-electron chi connectivity index (χ2n) is 6.61. The number of rotatable bonds is 5. The molecule has 1 atom stereocenters. The number of nitrogens with one attached hydrogen (secondary N) is 1. The van der Waals surface area contributed by atoms with Crippen molar-refractivity contribution in [1.29, 1.82) is 0 Å². The minimum absolute atomic E-state index is 0.0295. The van der Waals surface area contributed by atoms with Crippen LogP contribution in [0, 0.1) is 0 Å². The van der Waals surface area contributed by atoms with Crippen molar-refractivity contribution in [2.24, 2.45) is 0 Å². The van der Waals surface area contributed by atoms with Crippen LogP contribution in [-0.2, 0) is 22.5 Å². The Morgan fingerprint density at radius 1 is 1.23 bits per heavy atom. The minimum atomic E-state index is -0.0479. The number of hydrogen-bond donors (Lipinski definition) is 1. The topological polar surface area (TPSA) is 56.2 Å². The molecule has 1 N–H and O–H groups in total. The molecule has 1 fully saturated rings. The van der Waals surface area contributed by atoms with E-state index >= 15 is 0 Å². The molecular weight excluding hydrogens is 326 g/mol. The highest BCUT2D eigenvalue weighted by molar-refractivity contribution is 5.92. The monoisotopic (exact) mass is 349 g/mol. The van der Waals surface area contributed by atoms with Crippen LogP contribution in [0.1, 0.15) is 37.3 Å². The van der Waals surface area contributed by atoms with Gasteiger partial charge in [0.25, 0.3) is 0 Å². The van der Waals surface area contributed by atoms with Crippen LogP contribution in [-0.4, -0.2) is 22.1 Å². The molecule has 0 radical (unpaired) electrons. The molecule has 2 aromatic carbocycles. The van der Waals surface area contributed by atoms with E-state index in [9.17, 15) is 4.79 Å². The van der Waals surface area contributed by atoms with Gasteiger partial charge in [0.2, 0.25) is 5.91 Å². The first-order valence-corrected chi connectivity index (χ1v) is 9.20. The molecule has 1 saturated heterocycles. The van der Waals surface area contributed by atoms with E-state index in [-0.39, 0.29) is 18.6 Å². The zero-order valence-electron chi connectivity index (χ0n) is 14.9. The number of imidazole rings is 1. The van der Waals surface area contributed by atoms with Gasteiger partial charge in [-0.15, -0.1) is 0 Å². The van der Waals surface area contributed by atoms with Crippen LogP contribution in [0.2, 0.25) is 0 Å². The number of aryl methyl sites for hydroxylation is 1. The van der Waals surface area contributed by atoms with Crippen molar-refractivity contribution >= 4 is 22.6 Å². The Bertz CT molecular complexity index is 926. The number of amides is 1. The van der Waals surface area contributed by atoms with E-state index < -0.39 is 0 Å². The Hall–Kier alpha value is -2.66. The number of ether oxygens (including phenoxy) is 1. The van der Waals surface area contributed by atoms with Gasteiger partial charge in [-0.05, 0) is 43.0 Å². The van der Waals surface area contributed by atoms with Gasteiger partial charge in [-0.25, -0.2) is 4.98 Å². The van der Waals surface area contributed by atoms with Crippen LogP contribution in [0.5, 0.6) is 0 Å². The molecule has 134 valence electrons. The average Bonchev–Trinajstić information content (AvgIpc) is 3.30. The summed E-state index contributed by atoms with van der Waals surface area (Å²) in [7, 11) is 0. The molecule has 2 heterocycles. The van der Waals surface area contributed by atoms with Gasteiger partial charge >= 0.3 is 0 Å². The van der Waals surface area contributed by atoms with Crippen LogP contribution in [0.4, 0.5) is 5.69 Å². The maximum absolute atomic E-state index is 12.8. The Balaban J connectivity index is 1.63. The summed E-state index contributed by atoms with van der Waals surface area (Å²) < 4.78 is 7.83. The molecule has 0 saturated carbocycles. The summed E-state index contributed by atoms with van der Waals surface area (Å²) in [4.78, 5) is 17.5. The van der Waals surface area contributed by atoms with E-state index in [1.54, 1.807) is 0 Å². The number of hydrogen-bond acceptors (Lipinski definition) is 3. The quantitative estimate of drug-likeness (QED) is 0.755. The first kappa shape index (κ1) is 16.8. The third-order valence-corrected chi connectivity index (χ3v) is 4.88. The van der Waals surface area contributed by atoms with Gasteiger partial charge in [0.15, 0.2) is 0 Å². The first-order chi connectivity index (χ1) is 12.8. The molecule has 0 aliphatic carbocycles. The number of carbonyl (C=O) groups excluding carboxylic acids is 1. The number of fused-ring (bicyclic) bond motifs is 1. The highest BCUT2D eigenvalue weighted by Crippen LogP contribution is 2.30. The number of carbonyl (C=O) groups is 1. The fourth-order valence-corrected chi connectivity index (χ4v) is 3.57. The summed E-state index contributed by atoms with van der Waals surface area (Å²) >= 11 is 0. The van der Waals surface area contributed by atoms with Crippen LogP contribution < -0.4 is 5.32 Å². The smallest absolute Gasteiger partial charge is 0.244 e. The highest BCUT2D eigenvalue weighted by atomic mass is 16.5. The average molecular weight is 349 g/mol. The number of benzene rings is 2. The number of nitrogens with zero attached hydrogens (tertiary/aromatic N) is 2. The second kappa shape index (κ2) is 7.30. The summed E-state index contributed by atoms with van der Waals surface area (Å²) in [6.07, 6.45) is 2.83. The van der Waals surface area contributed by atoms with Gasteiger partial charge < -0.3 is 14.6 Å².